The second kappa shape index (κ2) is 9.15. The molecular weight excluding hydrogens is 444 g/mol. The van der Waals surface area contributed by atoms with Crippen LogP contribution in [0.4, 0.5) is 11.4 Å². The third kappa shape index (κ3) is 4.30. The zero-order valence-electron chi connectivity index (χ0n) is 16.7. The number of halogens is 1. The third-order valence-corrected chi connectivity index (χ3v) is 5.49. The van der Waals surface area contributed by atoms with Crippen LogP contribution in [0.5, 0.6) is 5.75 Å². The summed E-state index contributed by atoms with van der Waals surface area (Å²) in [4.78, 5) is 46.2. The maximum Gasteiger partial charge on any atom is 0.318 e. The number of ketones is 1. The first kappa shape index (κ1) is 22.9. The molecule has 0 aliphatic heterocycles. The molecule has 32 heavy (non-hydrogen) atoms. The number of hydrogen-bond acceptors (Lipinski definition) is 8. The average Bonchev–Trinajstić information content (AvgIpc) is 2.73. The van der Waals surface area contributed by atoms with Crippen molar-refractivity contribution >= 4 is 40.3 Å². The normalized spacial score (nSPS) is 18.1. The van der Waals surface area contributed by atoms with E-state index in [4.69, 9.17) is 16.3 Å². The Morgan fingerprint density at radius 1 is 1.19 bits per heavy atom. The molecule has 0 spiro atoms. The summed E-state index contributed by atoms with van der Waals surface area (Å²) < 4.78 is 5.06. The number of phenolic OH excluding ortho intramolecular Hbond substituents is 1. The van der Waals surface area contributed by atoms with Gasteiger partial charge >= 0.3 is 17.3 Å². The third-order valence-electron chi connectivity index (χ3n) is 5.14. The minimum Gasteiger partial charge on any atom is -0.497 e. The number of esters is 1. The van der Waals surface area contributed by atoms with Crippen molar-refractivity contribution in [2.24, 2.45) is 5.92 Å². The Hall–Kier alpha value is -3.79. The van der Waals surface area contributed by atoms with Gasteiger partial charge in [0.2, 0.25) is 0 Å². The van der Waals surface area contributed by atoms with E-state index in [9.17, 15) is 34.9 Å². The molecule has 2 aromatic carbocycles. The standard InChI is InChI=1S/C21H17ClN2O8/c1-2-32-21(27)19-14(13-5-3-4-6-15(13)22)7-11(10-18(19)25)12-8-16(23(28)29)20(26)17(9-12)24(30)31/h3-6,8-10,14,19,26H,2,7H2,1H3. The Morgan fingerprint density at radius 3 is 2.31 bits per heavy atom. The summed E-state index contributed by atoms with van der Waals surface area (Å²) in [5, 5.41) is 32.8. The second-order valence-corrected chi connectivity index (χ2v) is 7.42. The van der Waals surface area contributed by atoms with Crippen LogP contribution in [-0.4, -0.2) is 33.3 Å². The van der Waals surface area contributed by atoms with Crippen LogP contribution in [-0.2, 0) is 14.3 Å². The van der Waals surface area contributed by atoms with Crippen LogP contribution in [0, 0.1) is 26.1 Å². The van der Waals surface area contributed by atoms with E-state index in [0.29, 0.717) is 10.6 Å². The van der Waals surface area contributed by atoms with Gasteiger partial charge in [-0.25, -0.2) is 0 Å². The lowest BCUT2D eigenvalue weighted by molar-refractivity contribution is -0.396. The fraction of sp³-hybridized carbons (Fsp3) is 0.238. The molecule has 0 bridgehead atoms. The van der Waals surface area contributed by atoms with Crippen LogP contribution in [0.3, 0.4) is 0 Å². The Balaban J connectivity index is 2.17. The molecule has 0 radical (unpaired) electrons. The summed E-state index contributed by atoms with van der Waals surface area (Å²) >= 11 is 6.31. The lowest BCUT2D eigenvalue weighted by Gasteiger charge is -2.30. The van der Waals surface area contributed by atoms with Crippen molar-refractivity contribution in [3.63, 3.8) is 0 Å². The van der Waals surface area contributed by atoms with Gasteiger partial charge in [-0.15, -0.1) is 0 Å². The molecule has 0 saturated carbocycles. The molecule has 2 atom stereocenters. The minimum absolute atomic E-state index is 0.00825. The number of hydrogen-bond donors (Lipinski definition) is 1. The second-order valence-electron chi connectivity index (χ2n) is 7.01. The molecular formula is C21H17ClN2O8. The first-order chi connectivity index (χ1) is 15.1. The SMILES string of the molecule is CCOC(=O)C1C(=O)C=C(c2cc([N+](=O)[O-])c(O)c([N+](=O)[O-])c2)CC1c1ccccc1Cl. The number of nitro groups is 2. The van der Waals surface area contributed by atoms with E-state index in [1.165, 1.54) is 0 Å². The maximum atomic E-state index is 13.0. The summed E-state index contributed by atoms with van der Waals surface area (Å²) in [5.74, 6) is -4.39. The molecule has 0 aromatic heterocycles. The summed E-state index contributed by atoms with van der Waals surface area (Å²) in [6.45, 7) is 1.66. The largest absolute Gasteiger partial charge is 0.497 e. The van der Waals surface area contributed by atoms with Crippen molar-refractivity contribution < 1.29 is 29.3 Å². The molecule has 0 amide bonds. The summed E-state index contributed by atoms with van der Waals surface area (Å²) in [5.41, 5.74) is -1.01. The number of carbonyl (C=O) groups is 2. The van der Waals surface area contributed by atoms with Crippen molar-refractivity contribution in [2.45, 2.75) is 19.3 Å². The highest BCUT2D eigenvalue weighted by atomic mass is 35.5. The number of allylic oxidation sites excluding steroid dienone is 2. The van der Waals surface area contributed by atoms with Crippen LogP contribution in [0.15, 0.2) is 42.5 Å². The van der Waals surface area contributed by atoms with Gasteiger partial charge in [-0.1, -0.05) is 29.8 Å². The topological polar surface area (TPSA) is 150 Å². The molecule has 0 fully saturated rings. The van der Waals surface area contributed by atoms with Gasteiger partial charge < -0.3 is 9.84 Å². The number of nitro benzene ring substituents is 2. The van der Waals surface area contributed by atoms with E-state index in [2.05, 4.69) is 0 Å². The molecule has 2 unspecified atom stereocenters. The van der Waals surface area contributed by atoms with Crippen molar-refractivity contribution in [1.29, 1.82) is 0 Å². The Kier molecular flexibility index (Phi) is 6.54. The smallest absolute Gasteiger partial charge is 0.318 e. The average molecular weight is 461 g/mol. The van der Waals surface area contributed by atoms with Crippen LogP contribution in [0.2, 0.25) is 5.02 Å². The van der Waals surface area contributed by atoms with Gasteiger partial charge in [-0.2, -0.15) is 0 Å². The fourth-order valence-corrected chi connectivity index (χ4v) is 4.00. The van der Waals surface area contributed by atoms with Gasteiger partial charge in [-0.05, 0) is 42.2 Å². The summed E-state index contributed by atoms with van der Waals surface area (Å²) in [6, 6.07) is 8.52. The quantitative estimate of drug-likeness (QED) is 0.292. The van der Waals surface area contributed by atoms with Crippen LogP contribution in [0.1, 0.15) is 30.4 Å². The number of phenols is 1. The number of rotatable bonds is 6. The van der Waals surface area contributed by atoms with Gasteiger partial charge in [-0.3, -0.25) is 29.8 Å². The Morgan fingerprint density at radius 2 is 1.78 bits per heavy atom. The van der Waals surface area contributed by atoms with Crippen LogP contribution >= 0.6 is 11.6 Å². The highest BCUT2D eigenvalue weighted by Gasteiger charge is 2.41. The van der Waals surface area contributed by atoms with Crippen LogP contribution in [0.25, 0.3) is 5.57 Å². The zero-order valence-corrected chi connectivity index (χ0v) is 17.4. The first-order valence-electron chi connectivity index (χ1n) is 9.47. The predicted octanol–water partition coefficient (Wildman–Crippen LogP) is 4.18. The minimum atomic E-state index is -1.19. The fourth-order valence-electron chi connectivity index (χ4n) is 3.72. The van der Waals surface area contributed by atoms with E-state index in [1.54, 1.807) is 31.2 Å². The monoisotopic (exact) mass is 460 g/mol. The number of aromatic hydroxyl groups is 1. The molecule has 166 valence electrons. The lowest BCUT2D eigenvalue weighted by atomic mass is 9.73. The molecule has 10 nitrogen and oxygen atoms in total. The number of benzene rings is 2. The molecule has 0 heterocycles. The molecule has 1 aliphatic rings. The Bertz CT molecular complexity index is 1130. The first-order valence-corrected chi connectivity index (χ1v) is 9.85. The highest BCUT2D eigenvalue weighted by Crippen LogP contribution is 2.45. The van der Waals surface area contributed by atoms with Gasteiger partial charge in [0.15, 0.2) is 5.78 Å². The van der Waals surface area contributed by atoms with Crippen molar-refractivity contribution in [2.75, 3.05) is 6.61 Å². The molecule has 0 saturated heterocycles. The van der Waals surface area contributed by atoms with Crippen molar-refractivity contribution in [1.82, 2.24) is 0 Å². The molecule has 11 heteroatoms. The van der Waals surface area contributed by atoms with E-state index < -0.39 is 50.6 Å². The van der Waals surface area contributed by atoms with Crippen molar-refractivity contribution in [3.05, 3.63) is 78.9 Å². The predicted molar refractivity (Wildman–Crippen MR) is 113 cm³/mol. The van der Waals surface area contributed by atoms with Gasteiger partial charge in [0.05, 0.1) is 16.5 Å². The highest BCUT2D eigenvalue weighted by molar-refractivity contribution is 6.31. The van der Waals surface area contributed by atoms with Gasteiger partial charge in [0.1, 0.15) is 5.92 Å². The van der Waals surface area contributed by atoms with E-state index in [-0.39, 0.29) is 24.2 Å². The van der Waals surface area contributed by atoms with E-state index in [1.807, 2.05) is 0 Å². The van der Waals surface area contributed by atoms with Crippen molar-refractivity contribution in [3.8, 4) is 5.75 Å². The molecule has 1 aliphatic carbocycles. The van der Waals surface area contributed by atoms with Crippen LogP contribution < -0.4 is 0 Å². The summed E-state index contributed by atoms with van der Waals surface area (Å²) in [7, 11) is 0. The summed E-state index contributed by atoms with van der Waals surface area (Å²) in [6.07, 6.45) is 1.15. The van der Waals surface area contributed by atoms with E-state index >= 15 is 0 Å². The van der Waals surface area contributed by atoms with E-state index in [0.717, 1.165) is 18.2 Å². The zero-order chi connectivity index (χ0) is 23.6. The maximum absolute atomic E-state index is 13.0. The van der Waals surface area contributed by atoms with Gasteiger partial charge in [0.25, 0.3) is 5.75 Å². The molecule has 2 aromatic rings. The number of nitrogens with zero attached hydrogens (tertiary/aromatic N) is 2. The lowest BCUT2D eigenvalue weighted by Crippen LogP contribution is -2.34. The molecule has 3 rings (SSSR count). The number of ether oxygens (including phenoxy) is 1. The molecule has 1 N–H and O–H groups in total. The number of carbonyl (C=O) groups excluding carboxylic acids is 2. The van der Waals surface area contributed by atoms with Gasteiger partial charge in [0, 0.05) is 23.1 Å². The Labute approximate surface area is 186 Å².